The second kappa shape index (κ2) is 3.82. The molecule has 0 radical (unpaired) electrons. The molecule has 0 saturated heterocycles. The van der Waals surface area contributed by atoms with E-state index in [2.05, 4.69) is 5.32 Å². The molecular formula is C11H14N2O3S. The Morgan fingerprint density at radius 3 is 2.47 bits per heavy atom. The summed E-state index contributed by atoms with van der Waals surface area (Å²) in [4.78, 5) is 11.9. The van der Waals surface area contributed by atoms with Crippen molar-refractivity contribution in [3.05, 3.63) is 24.3 Å². The van der Waals surface area contributed by atoms with Gasteiger partial charge < -0.3 is 11.1 Å². The van der Waals surface area contributed by atoms with E-state index < -0.39 is 15.4 Å². The quantitative estimate of drug-likeness (QED) is 0.823. The highest BCUT2D eigenvalue weighted by atomic mass is 32.2. The number of nitrogens with one attached hydrogen (secondary N) is 1. The molecule has 0 spiro atoms. The van der Waals surface area contributed by atoms with Crippen LogP contribution in [-0.2, 0) is 14.6 Å². The van der Waals surface area contributed by atoms with Gasteiger partial charge in [-0.1, -0.05) is 12.1 Å². The van der Waals surface area contributed by atoms with Gasteiger partial charge in [0.2, 0.25) is 5.91 Å². The van der Waals surface area contributed by atoms with Crippen LogP contribution >= 0.6 is 0 Å². The molecule has 1 aliphatic rings. The molecule has 0 aliphatic heterocycles. The van der Waals surface area contributed by atoms with Crippen molar-refractivity contribution in [3.8, 4) is 0 Å². The van der Waals surface area contributed by atoms with Gasteiger partial charge in [0.25, 0.3) is 0 Å². The summed E-state index contributed by atoms with van der Waals surface area (Å²) in [6.45, 7) is 0. The van der Waals surface area contributed by atoms with Gasteiger partial charge in [0.1, 0.15) is 0 Å². The highest BCUT2D eigenvalue weighted by Gasteiger charge is 2.46. The van der Waals surface area contributed by atoms with E-state index in [4.69, 9.17) is 5.73 Å². The number of benzene rings is 1. The first kappa shape index (κ1) is 12.1. The molecule has 6 heteroatoms. The Kier molecular flexibility index (Phi) is 2.71. The number of hydrogen-bond donors (Lipinski definition) is 2. The maximum Gasteiger partial charge on any atom is 0.244 e. The molecule has 2 rings (SSSR count). The SMILES string of the molecule is CS(=O)(=O)c1ccccc1NC(=O)C1(N)CC1. The normalized spacial score (nSPS) is 17.5. The third-order valence-corrected chi connectivity index (χ3v) is 3.93. The molecule has 1 aromatic rings. The molecule has 1 aliphatic carbocycles. The number of nitrogens with two attached hydrogens (primary N) is 1. The van der Waals surface area contributed by atoms with Crippen molar-refractivity contribution in [1.82, 2.24) is 0 Å². The van der Waals surface area contributed by atoms with E-state index >= 15 is 0 Å². The molecule has 5 nitrogen and oxygen atoms in total. The van der Waals surface area contributed by atoms with E-state index in [1.807, 2.05) is 0 Å². The van der Waals surface area contributed by atoms with Crippen molar-refractivity contribution in [2.24, 2.45) is 5.73 Å². The summed E-state index contributed by atoms with van der Waals surface area (Å²) < 4.78 is 23.0. The Morgan fingerprint density at radius 2 is 1.94 bits per heavy atom. The molecular weight excluding hydrogens is 240 g/mol. The van der Waals surface area contributed by atoms with Gasteiger partial charge in [-0.25, -0.2) is 8.42 Å². The van der Waals surface area contributed by atoms with E-state index in [9.17, 15) is 13.2 Å². The van der Waals surface area contributed by atoms with Crippen molar-refractivity contribution in [2.75, 3.05) is 11.6 Å². The number of hydrogen-bond acceptors (Lipinski definition) is 4. The van der Waals surface area contributed by atoms with Gasteiger partial charge in [0, 0.05) is 6.26 Å². The zero-order valence-corrected chi connectivity index (χ0v) is 10.3. The molecule has 1 saturated carbocycles. The highest BCUT2D eigenvalue weighted by molar-refractivity contribution is 7.90. The van der Waals surface area contributed by atoms with E-state index in [1.165, 1.54) is 6.07 Å². The Balaban J connectivity index is 2.30. The van der Waals surface area contributed by atoms with Crippen LogP contribution in [-0.4, -0.2) is 26.1 Å². The number of sulfone groups is 1. The lowest BCUT2D eigenvalue weighted by Crippen LogP contribution is -2.38. The number of carbonyl (C=O) groups is 1. The van der Waals surface area contributed by atoms with Crippen molar-refractivity contribution >= 4 is 21.4 Å². The third-order valence-electron chi connectivity index (χ3n) is 2.78. The van der Waals surface area contributed by atoms with Gasteiger partial charge in [-0.3, -0.25) is 4.79 Å². The van der Waals surface area contributed by atoms with Gasteiger partial charge in [0.05, 0.1) is 16.1 Å². The molecule has 0 unspecified atom stereocenters. The smallest absolute Gasteiger partial charge is 0.244 e. The van der Waals surface area contributed by atoms with Gasteiger partial charge in [-0.15, -0.1) is 0 Å². The maximum absolute atomic E-state index is 11.7. The van der Waals surface area contributed by atoms with E-state index in [0.29, 0.717) is 12.8 Å². The van der Waals surface area contributed by atoms with Gasteiger partial charge >= 0.3 is 0 Å². The van der Waals surface area contributed by atoms with Crippen molar-refractivity contribution in [1.29, 1.82) is 0 Å². The van der Waals surface area contributed by atoms with Crippen LogP contribution in [0.3, 0.4) is 0 Å². The van der Waals surface area contributed by atoms with E-state index in [1.54, 1.807) is 18.2 Å². The number of rotatable bonds is 3. The standard InChI is InChI=1S/C11H14N2O3S/c1-17(15,16)9-5-3-2-4-8(9)13-10(14)11(12)6-7-11/h2-5H,6-7,12H2,1H3,(H,13,14). The fraction of sp³-hybridized carbons (Fsp3) is 0.364. The fourth-order valence-corrected chi connectivity index (χ4v) is 2.35. The van der Waals surface area contributed by atoms with Crippen LogP contribution < -0.4 is 11.1 Å². The molecule has 0 heterocycles. The van der Waals surface area contributed by atoms with Crippen LogP contribution in [0, 0.1) is 0 Å². The summed E-state index contributed by atoms with van der Waals surface area (Å²) in [5.41, 5.74) is 5.21. The van der Waals surface area contributed by atoms with Crippen LogP contribution in [0.2, 0.25) is 0 Å². The maximum atomic E-state index is 11.7. The first-order valence-electron chi connectivity index (χ1n) is 5.22. The molecule has 1 amide bonds. The summed E-state index contributed by atoms with van der Waals surface area (Å²) in [5.74, 6) is -0.325. The first-order chi connectivity index (χ1) is 7.83. The summed E-state index contributed by atoms with van der Waals surface area (Å²) >= 11 is 0. The number of para-hydroxylation sites is 1. The van der Waals surface area contributed by atoms with Crippen molar-refractivity contribution in [2.45, 2.75) is 23.3 Å². The molecule has 0 bridgehead atoms. The van der Waals surface area contributed by atoms with Gasteiger partial charge in [-0.05, 0) is 25.0 Å². The van der Waals surface area contributed by atoms with Crippen LogP contribution in [0.1, 0.15) is 12.8 Å². The second-order valence-electron chi connectivity index (χ2n) is 4.38. The summed E-state index contributed by atoms with van der Waals surface area (Å²) in [6, 6.07) is 6.29. The van der Waals surface area contributed by atoms with Crippen molar-refractivity contribution in [3.63, 3.8) is 0 Å². The first-order valence-corrected chi connectivity index (χ1v) is 7.11. The average Bonchev–Trinajstić information content (AvgIpc) is 2.97. The van der Waals surface area contributed by atoms with E-state index in [0.717, 1.165) is 6.26 Å². The van der Waals surface area contributed by atoms with Crippen LogP contribution in [0.25, 0.3) is 0 Å². The van der Waals surface area contributed by atoms with Crippen LogP contribution in [0.5, 0.6) is 0 Å². The zero-order valence-electron chi connectivity index (χ0n) is 9.43. The second-order valence-corrected chi connectivity index (χ2v) is 6.36. The topological polar surface area (TPSA) is 89.3 Å². The molecule has 17 heavy (non-hydrogen) atoms. The van der Waals surface area contributed by atoms with Gasteiger partial charge in [0.15, 0.2) is 9.84 Å². The Bertz CT molecular complexity index is 562. The Morgan fingerprint density at radius 1 is 1.35 bits per heavy atom. The summed E-state index contributed by atoms with van der Waals surface area (Å²) in [6.07, 6.45) is 2.38. The fourth-order valence-electron chi connectivity index (χ4n) is 1.50. The molecule has 3 N–H and O–H groups in total. The predicted molar refractivity (Wildman–Crippen MR) is 64.3 cm³/mol. The summed E-state index contributed by atoms with van der Waals surface area (Å²) in [5, 5.41) is 2.58. The number of carbonyl (C=O) groups excluding carboxylic acids is 1. The van der Waals surface area contributed by atoms with Crippen LogP contribution in [0.4, 0.5) is 5.69 Å². The lowest BCUT2D eigenvalue weighted by molar-refractivity contribution is -0.118. The average molecular weight is 254 g/mol. The van der Waals surface area contributed by atoms with Crippen LogP contribution in [0.15, 0.2) is 29.2 Å². The Hall–Kier alpha value is -1.40. The number of amides is 1. The largest absolute Gasteiger partial charge is 0.323 e. The predicted octanol–water partition coefficient (Wildman–Crippen LogP) is 0.520. The minimum absolute atomic E-state index is 0.109. The number of anilines is 1. The minimum atomic E-state index is -3.36. The molecule has 1 fully saturated rings. The Labute approximate surface area is 99.9 Å². The zero-order chi connectivity index (χ0) is 12.7. The van der Waals surface area contributed by atoms with E-state index in [-0.39, 0.29) is 16.5 Å². The highest BCUT2D eigenvalue weighted by Crippen LogP contribution is 2.34. The van der Waals surface area contributed by atoms with Gasteiger partial charge in [-0.2, -0.15) is 0 Å². The molecule has 1 aromatic carbocycles. The lowest BCUT2D eigenvalue weighted by Gasteiger charge is -2.12. The summed E-state index contributed by atoms with van der Waals surface area (Å²) in [7, 11) is -3.36. The molecule has 92 valence electrons. The van der Waals surface area contributed by atoms with Crippen molar-refractivity contribution < 1.29 is 13.2 Å². The molecule has 0 aromatic heterocycles. The lowest BCUT2D eigenvalue weighted by atomic mass is 10.2. The molecule has 0 atom stereocenters. The minimum Gasteiger partial charge on any atom is -0.323 e. The monoisotopic (exact) mass is 254 g/mol. The third kappa shape index (κ3) is 2.48.